The molecule has 82 valence electrons. The molecule has 3 rings (SSSR count). The summed E-state index contributed by atoms with van der Waals surface area (Å²) in [6, 6.07) is 0.827. The van der Waals surface area contributed by atoms with Crippen LogP contribution in [0.5, 0.6) is 0 Å². The van der Waals surface area contributed by atoms with Gasteiger partial charge in [0.2, 0.25) is 0 Å². The highest BCUT2D eigenvalue weighted by molar-refractivity contribution is 4.96. The molecule has 1 aromatic heterocycles. The lowest BCUT2D eigenvalue weighted by Crippen LogP contribution is -2.35. The van der Waals surface area contributed by atoms with Crippen molar-refractivity contribution in [1.82, 2.24) is 14.9 Å². The fourth-order valence-electron chi connectivity index (χ4n) is 2.41. The third kappa shape index (κ3) is 2.40. The first-order valence-electron chi connectivity index (χ1n) is 6.12. The molecular weight excluding hydrogens is 186 g/mol. The fourth-order valence-corrected chi connectivity index (χ4v) is 2.41. The number of nitrogens with one attached hydrogen (secondary N) is 1. The topological polar surface area (TPSA) is 29.9 Å². The summed E-state index contributed by atoms with van der Waals surface area (Å²) < 4.78 is 2.14. The molecule has 0 aliphatic heterocycles. The quantitative estimate of drug-likeness (QED) is 0.765. The van der Waals surface area contributed by atoms with Crippen LogP contribution in [-0.2, 0) is 6.54 Å². The summed E-state index contributed by atoms with van der Waals surface area (Å²) in [5.74, 6) is 2.00. The zero-order valence-electron chi connectivity index (χ0n) is 9.10. The van der Waals surface area contributed by atoms with Crippen LogP contribution in [0, 0.1) is 11.8 Å². The molecule has 0 spiro atoms. The van der Waals surface area contributed by atoms with Gasteiger partial charge in [-0.1, -0.05) is 0 Å². The van der Waals surface area contributed by atoms with E-state index in [4.69, 9.17) is 0 Å². The summed E-state index contributed by atoms with van der Waals surface area (Å²) in [4.78, 5) is 4.05. The van der Waals surface area contributed by atoms with Crippen molar-refractivity contribution in [3.05, 3.63) is 18.7 Å². The maximum atomic E-state index is 4.05. The van der Waals surface area contributed by atoms with Crippen LogP contribution in [0.4, 0.5) is 0 Å². The van der Waals surface area contributed by atoms with Crippen molar-refractivity contribution in [3.8, 4) is 0 Å². The van der Waals surface area contributed by atoms with Crippen molar-refractivity contribution < 1.29 is 0 Å². The molecule has 3 nitrogen and oxygen atoms in total. The molecule has 2 aliphatic rings. The molecule has 0 radical (unpaired) electrons. The minimum Gasteiger partial charge on any atom is -0.336 e. The minimum absolute atomic E-state index is 0.827. The van der Waals surface area contributed by atoms with Gasteiger partial charge >= 0.3 is 0 Å². The van der Waals surface area contributed by atoms with E-state index in [1.54, 1.807) is 0 Å². The Morgan fingerprint density at radius 2 is 2.00 bits per heavy atom. The van der Waals surface area contributed by atoms with Gasteiger partial charge in [-0.25, -0.2) is 4.98 Å². The molecule has 2 fully saturated rings. The van der Waals surface area contributed by atoms with Gasteiger partial charge in [0.15, 0.2) is 0 Å². The second kappa shape index (κ2) is 3.97. The van der Waals surface area contributed by atoms with Gasteiger partial charge < -0.3 is 9.88 Å². The molecule has 0 atom stereocenters. The molecule has 1 N–H and O–H groups in total. The molecule has 0 saturated heterocycles. The molecular formula is C12H19N3. The molecule has 3 heteroatoms. The van der Waals surface area contributed by atoms with E-state index in [-0.39, 0.29) is 0 Å². The fraction of sp³-hybridized carbons (Fsp3) is 0.750. The maximum Gasteiger partial charge on any atom is 0.0946 e. The number of hydrogen-bond acceptors (Lipinski definition) is 2. The lowest BCUT2D eigenvalue weighted by atomic mass is 10.1. The summed E-state index contributed by atoms with van der Waals surface area (Å²) in [5, 5.41) is 3.73. The third-order valence-corrected chi connectivity index (χ3v) is 3.57. The van der Waals surface area contributed by atoms with Gasteiger partial charge in [0, 0.05) is 31.5 Å². The average molecular weight is 205 g/mol. The van der Waals surface area contributed by atoms with Gasteiger partial charge in [-0.05, 0) is 37.5 Å². The van der Waals surface area contributed by atoms with Gasteiger partial charge in [0.25, 0.3) is 0 Å². The van der Waals surface area contributed by atoms with Crippen molar-refractivity contribution in [3.63, 3.8) is 0 Å². The smallest absolute Gasteiger partial charge is 0.0946 e. The van der Waals surface area contributed by atoms with E-state index in [0.29, 0.717) is 0 Å². The lowest BCUT2D eigenvalue weighted by Gasteiger charge is -2.17. The van der Waals surface area contributed by atoms with Gasteiger partial charge in [-0.15, -0.1) is 0 Å². The van der Waals surface area contributed by atoms with Gasteiger partial charge in [0.1, 0.15) is 0 Å². The van der Waals surface area contributed by atoms with E-state index in [1.165, 1.54) is 25.7 Å². The summed E-state index contributed by atoms with van der Waals surface area (Å²) in [6.07, 6.45) is 11.6. The standard InChI is InChI=1S/C12H19N3/c1-2-10(1)12(11-3-4-11)14-6-8-15-7-5-13-9-15/h5,7,9-12,14H,1-4,6,8H2. The molecule has 1 aromatic rings. The Hall–Kier alpha value is -0.830. The Labute approximate surface area is 90.9 Å². The van der Waals surface area contributed by atoms with Crippen LogP contribution in [0.15, 0.2) is 18.7 Å². The SMILES string of the molecule is c1cn(CCNC(C2CC2)C2CC2)cn1. The molecule has 0 aromatic carbocycles. The Balaban J connectivity index is 1.44. The second-order valence-corrected chi connectivity index (χ2v) is 4.96. The van der Waals surface area contributed by atoms with E-state index in [2.05, 4.69) is 14.9 Å². The first kappa shape index (κ1) is 9.40. The molecule has 15 heavy (non-hydrogen) atoms. The molecule has 1 heterocycles. The van der Waals surface area contributed by atoms with Crippen molar-refractivity contribution in [1.29, 1.82) is 0 Å². The van der Waals surface area contributed by atoms with Crippen LogP contribution in [0.1, 0.15) is 25.7 Å². The first-order chi connectivity index (χ1) is 7.43. The van der Waals surface area contributed by atoms with Crippen LogP contribution in [-0.4, -0.2) is 22.1 Å². The lowest BCUT2D eigenvalue weighted by molar-refractivity contribution is 0.406. The van der Waals surface area contributed by atoms with Crippen LogP contribution < -0.4 is 5.32 Å². The van der Waals surface area contributed by atoms with Crippen LogP contribution in [0.2, 0.25) is 0 Å². The zero-order valence-corrected chi connectivity index (χ0v) is 9.10. The van der Waals surface area contributed by atoms with Crippen LogP contribution in [0.3, 0.4) is 0 Å². The number of aromatic nitrogens is 2. The Morgan fingerprint density at radius 1 is 1.27 bits per heavy atom. The molecule has 0 bridgehead atoms. The summed E-state index contributed by atoms with van der Waals surface area (Å²) in [7, 11) is 0. The summed E-state index contributed by atoms with van der Waals surface area (Å²) in [5.41, 5.74) is 0. The predicted molar refractivity (Wildman–Crippen MR) is 59.5 cm³/mol. The molecule has 0 amide bonds. The average Bonchev–Trinajstić information content (AvgIpc) is 3.15. The minimum atomic E-state index is 0.827. The van der Waals surface area contributed by atoms with Crippen molar-refractivity contribution in [2.75, 3.05) is 6.54 Å². The number of hydrogen-bond donors (Lipinski definition) is 1. The van der Waals surface area contributed by atoms with Gasteiger partial charge in [-0.3, -0.25) is 0 Å². The van der Waals surface area contributed by atoms with Gasteiger partial charge in [0.05, 0.1) is 6.33 Å². The van der Waals surface area contributed by atoms with Crippen LogP contribution in [0.25, 0.3) is 0 Å². The Morgan fingerprint density at radius 3 is 2.53 bits per heavy atom. The Bertz CT molecular complexity index is 287. The van der Waals surface area contributed by atoms with Crippen LogP contribution >= 0.6 is 0 Å². The normalized spacial score (nSPS) is 21.1. The summed E-state index contributed by atoms with van der Waals surface area (Å²) in [6.45, 7) is 2.14. The second-order valence-electron chi connectivity index (χ2n) is 4.96. The number of rotatable bonds is 6. The monoisotopic (exact) mass is 205 g/mol. The predicted octanol–water partition coefficient (Wildman–Crippen LogP) is 1.66. The maximum absolute atomic E-state index is 4.05. The number of nitrogens with zero attached hydrogens (tertiary/aromatic N) is 2. The van der Waals surface area contributed by atoms with E-state index < -0.39 is 0 Å². The summed E-state index contributed by atoms with van der Waals surface area (Å²) >= 11 is 0. The molecule has 2 aliphatic carbocycles. The van der Waals surface area contributed by atoms with E-state index in [0.717, 1.165) is 31.0 Å². The highest BCUT2D eigenvalue weighted by Crippen LogP contribution is 2.44. The van der Waals surface area contributed by atoms with E-state index in [1.807, 2.05) is 18.7 Å². The Kier molecular flexibility index (Phi) is 2.49. The number of imidazole rings is 1. The molecule has 0 unspecified atom stereocenters. The van der Waals surface area contributed by atoms with Gasteiger partial charge in [-0.2, -0.15) is 0 Å². The van der Waals surface area contributed by atoms with Crippen molar-refractivity contribution >= 4 is 0 Å². The largest absolute Gasteiger partial charge is 0.336 e. The molecule has 2 saturated carbocycles. The van der Waals surface area contributed by atoms with Crippen molar-refractivity contribution in [2.24, 2.45) is 11.8 Å². The highest BCUT2D eigenvalue weighted by atomic mass is 15.1. The zero-order chi connectivity index (χ0) is 10.1. The van der Waals surface area contributed by atoms with Crippen molar-refractivity contribution in [2.45, 2.75) is 38.3 Å². The van der Waals surface area contributed by atoms with E-state index in [9.17, 15) is 0 Å². The van der Waals surface area contributed by atoms with E-state index >= 15 is 0 Å². The third-order valence-electron chi connectivity index (χ3n) is 3.57. The highest BCUT2D eigenvalue weighted by Gasteiger charge is 2.40. The first-order valence-corrected chi connectivity index (χ1v) is 6.12.